The predicted octanol–water partition coefficient (Wildman–Crippen LogP) is 8.21. The lowest BCUT2D eigenvalue weighted by Gasteiger charge is -2.32. The molecule has 0 atom stereocenters. The van der Waals surface area contributed by atoms with Gasteiger partial charge in [0.25, 0.3) is 0 Å². The largest absolute Gasteiger partial charge is 0.463 e. The van der Waals surface area contributed by atoms with Gasteiger partial charge in [0, 0.05) is 33.5 Å². The first kappa shape index (κ1) is 30.4. The maximum Gasteiger partial charge on any atom is 0.306 e. The molecule has 0 spiro atoms. The van der Waals surface area contributed by atoms with Gasteiger partial charge in [0.15, 0.2) is 5.79 Å². The summed E-state index contributed by atoms with van der Waals surface area (Å²) in [5.74, 6) is 0.556. The molecular formula is C27H54O4. The van der Waals surface area contributed by atoms with Crippen molar-refractivity contribution in [2.24, 2.45) is 5.92 Å². The summed E-state index contributed by atoms with van der Waals surface area (Å²) in [6.07, 6.45) is 20.8. The molecule has 1 rings (SSSR count). The molecule has 0 heterocycles. The van der Waals surface area contributed by atoms with Crippen LogP contribution in [0.2, 0.25) is 0 Å². The van der Waals surface area contributed by atoms with Crippen LogP contribution in [0.4, 0.5) is 0 Å². The van der Waals surface area contributed by atoms with Crippen molar-refractivity contribution in [3.8, 4) is 0 Å². The molecule has 1 aliphatic carbocycles. The van der Waals surface area contributed by atoms with E-state index in [1.807, 2.05) is 28.1 Å². The Morgan fingerprint density at radius 2 is 1.39 bits per heavy atom. The minimum absolute atomic E-state index is 0.0312. The summed E-state index contributed by atoms with van der Waals surface area (Å²) in [6, 6.07) is 0. The van der Waals surface area contributed by atoms with Crippen LogP contribution >= 0.6 is 0 Å². The van der Waals surface area contributed by atoms with Crippen LogP contribution in [0.25, 0.3) is 0 Å². The number of rotatable bonds is 17. The van der Waals surface area contributed by atoms with Gasteiger partial charge in [-0.1, -0.05) is 84.5 Å². The Morgan fingerprint density at radius 3 is 1.90 bits per heavy atom. The second kappa shape index (κ2) is 20.0. The van der Waals surface area contributed by atoms with Gasteiger partial charge in [-0.3, -0.25) is 4.79 Å². The van der Waals surface area contributed by atoms with Gasteiger partial charge in [0.2, 0.25) is 0 Å². The van der Waals surface area contributed by atoms with E-state index in [2.05, 4.69) is 13.8 Å². The van der Waals surface area contributed by atoms with Gasteiger partial charge in [-0.25, -0.2) is 0 Å². The first-order valence-electron chi connectivity index (χ1n) is 13.2. The second-order valence-corrected chi connectivity index (χ2v) is 9.52. The molecule has 186 valence electrons. The molecule has 0 aromatic rings. The lowest BCUT2D eigenvalue weighted by molar-refractivity contribution is -0.217. The molecule has 0 bridgehead atoms. The van der Waals surface area contributed by atoms with E-state index in [0.29, 0.717) is 6.42 Å². The van der Waals surface area contributed by atoms with Crippen LogP contribution in [0, 0.1) is 5.92 Å². The van der Waals surface area contributed by atoms with Crippen molar-refractivity contribution in [2.45, 2.75) is 149 Å². The fourth-order valence-corrected chi connectivity index (χ4v) is 4.36. The van der Waals surface area contributed by atoms with Crippen molar-refractivity contribution >= 4 is 5.97 Å². The normalized spacial score (nSPS) is 14.5. The molecule has 0 aromatic heterocycles. The summed E-state index contributed by atoms with van der Waals surface area (Å²) >= 11 is 0. The molecule has 0 radical (unpaired) electrons. The van der Waals surface area contributed by atoms with Gasteiger partial charge in [0.1, 0.15) is 0 Å². The van der Waals surface area contributed by atoms with Gasteiger partial charge in [-0.2, -0.15) is 0 Å². The number of ether oxygens (including phenoxy) is 3. The zero-order valence-electron chi connectivity index (χ0n) is 21.8. The first-order chi connectivity index (χ1) is 14.9. The van der Waals surface area contributed by atoms with E-state index in [1.54, 1.807) is 0 Å². The highest BCUT2D eigenvalue weighted by molar-refractivity contribution is 5.69. The Balaban J connectivity index is 0.000000649. The van der Waals surface area contributed by atoms with Gasteiger partial charge in [-0.05, 0) is 39.0 Å². The van der Waals surface area contributed by atoms with Gasteiger partial charge in [-0.15, -0.1) is 0 Å². The summed E-state index contributed by atoms with van der Waals surface area (Å²) in [7, 11) is 3.62. The molecule has 4 nitrogen and oxygen atoms in total. The highest BCUT2D eigenvalue weighted by atomic mass is 16.7. The van der Waals surface area contributed by atoms with Crippen molar-refractivity contribution in [1.82, 2.24) is 0 Å². The zero-order valence-corrected chi connectivity index (χ0v) is 21.8. The maximum atomic E-state index is 11.0. The second-order valence-electron chi connectivity index (χ2n) is 9.52. The van der Waals surface area contributed by atoms with Gasteiger partial charge in [0.05, 0.1) is 6.10 Å². The van der Waals surface area contributed by atoms with Crippen molar-refractivity contribution in [3.05, 3.63) is 0 Å². The van der Waals surface area contributed by atoms with E-state index in [9.17, 15) is 4.79 Å². The molecule has 0 aromatic carbocycles. The number of methoxy groups -OCH3 is 2. The molecule has 31 heavy (non-hydrogen) atoms. The highest BCUT2D eigenvalue weighted by Crippen LogP contribution is 2.34. The molecule has 1 saturated carbocycles. The van der Waals surface area contributed by atoms with Gasteiger partial charge >= 0.3 is 5.97 Å². The summed E-state index contributed by atoms with van der Waals surface area (Å²) in [5.41, 5.74) is 0. The molecule has 1 aliphatic rings. The molecule has 0 N–H and O–H groups in total. The zero-order chi connectivity index (χ0) is 23.4. The van der Waals surface area contributed by atoms with Crippen LogP contribution in [-0.2, 0) is 19.0 Å². The number of hydrogen-bond donors (Lipinski definition) is 0. The van der Waals surface area contributed by atoms with Crippen LogP contribution in [0.15, 0.2) is 0 Å². The van der Waals surface area contributed by atoms with Crippen LogP contribution in [0.5, 0.6) is 0 Å². The molecule has 1 fully saturated rings. The Hall–Kier alpha value is -0.610. The number of carbonyl (C=O) groups excluding carboxylic acids is 1. The van der Waals surface area contributed by atoms with Crippen LogP contribution in [0.1, 0.15) is 137 Å². The standard InChI is InChI=1S/C17H34O2.C10H20O2/c1-4-5-6-7-10-14-17(18-2,19-3)15-13-16-11-8-9-12-16;1-4-5-6-7-8-10(11)12-9(2)3/h16H,4-15H2,1-3H3;9H,4-8H2,1-3H3. The Morgan fingerprint density at radius 1 is 0.839 bits per heavy atom. The van der Waals surface area contributed by atoms with Crippen molar-refractivity contribution in [1.29, 1.82) is 0 Å². The van der Waals surface area contributed by atoms with Crippen LogP contribution < -0.4 is 0 Å². The van der Waals surface area contributed by atoms with E-state index in [-0.39, 0.29) is 17.9 Å². The number of carbonyl (C=O) groups is 1. The third-order valence-corrected chi connectivity index (χ3v) is 6.42. The van der Waals surface area contributed by atoms with Crippen molar-refractivity contribution < 1.29 is 19.0 Å². The fraction of sp³-hybridized carbons (Fsp3) is 0.963. The third kappa shape index (κ3) is 16.7. The van der Waals surface area contributed by atoms with E-state index in [0.717, 1.165) is 31.6 Å². The summed E-state index contributed by atoms with van der Waals surface area (Å²) in [5, 5.41) is 0. The maximum absolute atomic E-state index is 11.0. The smallest absolute Gasteiger partial charge is 0.306 e. The van der Waals surface area contributed by atoms with Crippen LogP contribution in [-0.4, -0.2) is 32.1 Å². The summed E-state index contributed by atoms with van der Waals surface area (Å²) in [6.45, 7) is 8.18. The summed E-state index contributed by atoms with van der Waals surface area (Å²) in [4.78, 5) is 11.0. The SMILES string of the molecule is CCCCCCC(=O)OC(C)C.CCCCCCCC(CCC1CCCC1)(OC)OC. The molecule has 0 unspecified atom stereocenters. The van der Waals surface area contributed by atoms with Gasteiger partial charge < -0.3 is 14.2 Å². The lowest BCUT2D eigenvalue weighted by Crippen LogP contribution is -2.34. The van der Waals surface area contributed by atoms with E-state index >= 15 is 0 Å². The lowest BCUT2D eigenvalue weighted by atomic mass is 9.94. The molecular weight excluding hydrogens is 388 g/mol. The molecule has 0 saturated heterocycles. The third-order valence-electron chi connectivity index (χ3n) is 6.42. The minimum Gasteiger partial charge on any atom is -0.463 e. The molecule has 0 amide bonds. The topological polar surface area (TPSA) is 44.8 Å². The first-order valence-corrected chi connectivity index (χ1v) is 13.2. The fourth-order valence-electron chi connectivity index (χ4n) is 4.36. The van der Waals surface area contributed by atoms with E-state index in [4.69, 9.17) is 14.2 Å². The Labute approximate surface area is 194 Å². The van der Waals surface area contributed by atoms with E-state index < -0.39 is 0 Å². The average molecular weight is 443 g/mol. The van der Waals surface area contributed by atoms with Crippen molar-refractivity contribution in [3.63, 3.8) is 0 Å². The highest BCUT2D eigenvalue weighted by Gasteiger charge is 2.30. The average Bonchev–Trinajstić information content (AvgIpc) is 3.27. The summed E-state index contributed by atoms with van der Waals surface area (Å²) < 4.78 is 16.5. The quantitative estimate of drug-likeness (QED) is 0.129. The number of esters is 1. The van der Waals surface area contributed by atoms with Crippen LogP contribution in [0.3, 0.4) is 0 Å². The minimum atomic E-state index is -0.311. The predicted molar refractivity (Wildman–Crippen MR) is 131 cm³/mol. The number of unbranched alkanes of at least 4 members (excludes halogenated alkanes) is 7. The van der Waals surface area contributed by atoms with E-state index in [1.165, 1.54) is 77.0 Å². The van der Waals surface area contributed by atoms with Crippen molar-refractivity contribution in [2.75, 3.05) is 14.2 Å². The molecule has 0 aliphatic heterocycles. The number of hydrogen-bond acceptors (Lipinski definition) is 4. The Kier molecular flexibility index (Phi) is 19.6. The Bertz CT molecular complexity index is 398. The molecule has 4 heteroatoms. The monoisotopic (exact) mass is 442 g/mol.